The molecule has 0 aromatic heterocycles. The average Bonchev–Trinajstić information content (AvgIpc) is 2.69. The molecule has 29 heavy (non-hydrogen) atoms. The molecule has 0 atom stereocenters. The lowest BCUT2D eigenvalue weighted by molar-refractivity contribution is -0.132. The van der Waals surface area contributed by atoms with Gasteiger partial charge in [0.1, 0.15) is 0 Å². The smallest absolute Gasteiger partial charge is 0.257 e. The predicted octanol–water partition coefficient (Wildman–Crippen LogP) is 2.68. The van der Waals surface area contributed by atoms with Crippen LogP contribution in [0, 0.1) is 0 Å². The fourth-order valence-electron chi connectivity index (χ4n) is 2.91. The van der Waals surface area contributed by atoms with Crippen LogP contribution in [0.5, 0.6) is 0 Å². The second-order valence-corrected chi connectivity index (χ2v) is 6.65. The summed E-state index contributed by atoms with van der Waals surface area (Å²) in [5.41, 5.74) is 1.47. The molecule has 7 nitrogen and oxygen atoms in total. The van der Waals surface area contributed by atoms with E-state index in [4.69, 9.17) is 0 Å². The summed E-state index contributed by atoms with van der Waals surface area (Å²) < 4.78 is 0. The molecule has 0 saturated heterocycles. The van der Waals surface area contributed by atoms with Gasteiger partial charge in [-0.2, -0.15) is 0 Å². The molecule has 0 aliphatic heterocycles. The summed E-state index contributed by atoms with van der Waals surface area (Å²) in [4.78, 5) is 40.6. The number of likely N-dealkylation sites (N-methyl/N-ethyl adjacent to an activating group) is 2. The molecule has 2 N–H and O–H groups in total. The van der Waals surface area contributed by atoms with Crippen LogP contribution in [-0.4, -0.2) is 60.7 Å². The third kappa shape index (κ3) is 6.73. The SMILES string of the molecule is CCN(CC)C(=O)CN(C)CC(=O)Nc1ccccc1C(=O)Nc1ccccc1. The van der Waals surface area contributed by atoms with Gasteiger partial charge in [-0.3, -0.25) is 19.3 Å². The summed E-state index contributed by atoms with van der Waals surface area (Å²) >= 11 is 0. The van der Waals surface area contributed by atoms with E-state index in [0.29, 0.717) is 30.0 Å². The monoisotopic (exact) mass is 396 g/mol. The number of benzene rings is 2. The van der Waals surface area contributed by atoms with Crippen molar-refractivity contribution in [2.75, 3.05) is 43.9 Å². The number of anilines is 2. The molecule has 0 heterocycles. The molecular weight excluding hydrogens is 368 g/mol. The van der Waals surface area contributed by atoms with Crippen LogP contribution in [0.1, 0.15) is 24.2 Å². The highest BCUT2D eigenvalue weighted by molar-refractivity contribution is 6.10. The number of para-hydroxylation sites is 2. The third-order valence-corrected chi connectivity index (χ3v) is 4.41. The lowest BCUT2D eigenvalue weighted by atomic mass is 10.1. The summed E-state index contributed by atoms with van der Waals surface area (Å²) in [5.74, 6) is -0.620. The second-order valence-electron chi connectivity index (χ2n) is 6.65. The lowest BCUT2D eigenvalue weighted by Crippen LogP contribution is -2.41. The maximum absolute atomic E-state index is 12.6. The number of hydrogen-bond donors (Lipinski definition) is 2. The Morgan fingerprint density at radius 1 is 0.828 bits per heavy atom. The molecule has 7 heteroatoms. The minimum atomic E-state index is -0.308. The van der Waals surface area contributed by atoms with Crippen molar-refractivity contribution in [3.63, 3.8) is 0 Å². The summed E-state index contributed by atoms with van der Waals surface area (Å²) in [7, 11) is 1.72. The Morgan fingerprint density at radius 3 is 2.10 bits per heavy atom. The van der Waals surface area contributed by atoms with Gasteiger partial charge in [-0.1, -0.05) is 30.3 Å². The van der Waals surface area contributed by atoms with Crippen molar-refractivity contribution in [2.45, 2.75) is 13.8 Å². The maximum atomic E-state index is 12.6. The average molecular weight is 396 g/mol. The van der Waals surface area contributed by atoms with E-state index < -0.39 is 0 Å². The zero-order valence-corrected chi connectivity index (χ0v) is 17.1. The van der Waals surface area contributed by atoms with Gasteiger partial charge in [0.15, 0.2) is 0 Å². The zero-order valence-electron chi connectivity index (χ0n) is 17.1. The van der Waals surface area contributed by atoms with E-state index in [1.54, 1.807) is 53.2 Å². The van der Waals surface area contributed by atoms with Gasteiger partial charge in [-0.05, 0) is 45.2 Å². The van der Waals surface area contributed by atoms with Crippen molar-refractivity contribution in [3.05, 3.63) is 60.2 Å². The van der Waals surface area contributed by atoms with E-state index in [-0.39, 0.29) is 30.8 Å². The van der Waals surface area contributed by atoms with Crippen molar-refractivity contribution in [3.8, 4) is 0 Å². The number of hydrogen-bond acceptors (Lipinski definition) is 4. The first-order valence-corrected chi connectivity index (χ1v) is 9.66. The maximum Gasteiger partial charge on any atom is 0.257 e. The van der Waals surface area contributed by atoms with E-state index in [9.17, 15) is 14.4 Å². The lowest BCUT2D eigenvalue weighted by Gasteiger charge is -2.22. The molecule has 0 bridgehead atoms. The van der Waals surface area contributed by atoms with Gasteiger partial charge in [0, 0.05) is 18.8 Å². The van der Waals surface area contributed by atoms with Crippen molar-refractivity contribution < 1.29 is 14.4 Å². The minimum absolute atomic E-state index is 0.0204. The van der Waals surface area contributed by atoms with Gasteiger partial charge >= 0.3 is 0 Å². The van der Waals surface area contributed by atoms with Crippen LogP contribution in [0.15, 0.2) is 54.6 Å². The molecule has 0 unspecified atom stereocenters. The van der Waals surface area contributed by atoms with E-state index >= 15 is 0 Å². The molecule has 2 rings (SSSR count). The van der Waals surface area contributed by atoms with E-state index in [0.717, 1.165) is 0 Å². The highest BCUT2D eigenvalue weighted by Crippen LogP contribution is 2.17. The van der Waals surface area contributed by atoms with Crippen LogP contribution in [-0.2, 0) is 9.59 Å². The van der Waals surface area contributed by atoms with E-state index in [2.05, 4.69) is 10.6 Å². The fourth-order valence-corrected chi connectivity index (χ4v) is 2.91. The molecule has 0 spiro atoms. The number of carbonyl (C=O) groups excluding carboxylic acids is 3. The molecule has 0 fully saturated rings. The van der Waals surface area contributed by atoms with Crippen LogP contribution >= 0.6 is 0 Å². The minimum Gasteiger partial charge on any atom is -0.342 e. The van der Waals surface area contributed by atoms with Gasteiger partial charge in [0.2, 0.25) is 11.8 Å². The Morgan fingerprint density at radius 2 is 1.45 bits per heavy atom. The highest BCUT2D eigenvalue weighted by atomic mass is 16.2. The summed E-state index contributed by atoms with van der Waals surface area (Å²) in [5, 5.41) is 5.59. The topological polar surface area (TPSA) is 81.8 Å². The van der Waals surface area contributed by atoms with Gasteiger partial charge in [-0.25, -0.2) is 0 Å². The van der Waals surface area contributed by atoms with Crippen molar-refractivity contribution in [1.29, 1.82) is 0 Å². The Hall–Kier alpha value is -3.19. The zero-order chi connectivity index (χ0) is 21.2. The molecule has 154 valence electrons. The summed E-state index contributed by atoms with van der Waals surface area (Å²) in [6.45, 7) is 5.32. The van der Waals surface area contributed by atoms with Crippen molar-refractivity contribution >= 4 is 29.1 Å². The normalized spacial score (nSPS) is 10.5. The van der Waals surface area contributed by atoms with Crippen LogP contribution in [0.4, 0.5) is 11.4 Å². The van der Waals surface area contributed by atoms with Crippen molar-refractivity contribution in [1.82, 2.24) is 9.80 Å². The first kappa shape index (κ1) is 22.1. The quantitative estimate of drug-likeness (QED) is 0.683. The third-order valence-electron chi connectivity index (χ3n) is 4.41. The fraction of sp³-hybridized carbons (Fsp3) is 0.318. The largest absolute Gasteiger partial charge is 0.342 e. The molecular formula is C22H28N4O3. The Kier molecular flexibility index (Phi) is 8.36. The van der Waals surface area contributed by atoms with Gasteiger partial charge < -0.3 is 15.5 Å². The predicted molar refractivity (Wildman–Crippen MR) is 115 cm³/mol. The number of amides is 3. The molecule has 0 saturated carbocycles. The highest BCUT2D eigenvalue weighted by Gasteiger charge is 2.17. The summed E-state index contributed by atoms with van der Waals surface area (Å²) in [6, 6.07) is 15.9. The van der Waals surface area contributed by atoms with Crippen LogP contribution in [0.25, 0.3) is 0 Å². The Labute approximate surface area is 171 Å². The van der Waals surface area contributed by atoms with Gasteiger partial charge in [-0.15, -0.1) is 0 Å². The molecule has 2 aromatic rings. The molecule has 0 aliphatic rings. The second kappa shape index (κ2) is 11.0. The Bertz CT molecular complexity index is 835. The molecule has 3 amide bonds. The standard InChI is InChI=1S/C22H28N4O3/c1-4-26(5-2)21(28)16-25(3)15-20(27)24-19-14-10-9-13-18(19)22(29)23-17-11-7-6-8-12-17/h6-14H,4-5,15-16H2,1-3H3,(H,23,29)(H,24,27). The van der Waals surface area contributed by atoms with Gasteiger partial charge in [0.25, 0.3) is 5.91 Å². The molecule has 2 aromatic carbocycles. The van der Waals surface area contributed by atoms with Crippen molar-refractivity contribution in [2.24, 2.45) is 0 Å². The van der Waals surface area contributed by atoms with Crippen LogP contribution < -0.4 is 10.6 Å². The van der Waals surface area contributed by atoms with Crippen LogP contribution in [0.2, 0.25) is 0 Å². The van der Waals surface area contributed by atoms with E-state index in [1.807, 2.05) is 32.0 Å². The number of carbonyl (C=O) groups is 3. The first-order valence-electron chi connectivity index (χ1n) is 9.66. The first-order chi connectivity index (χ1) is 13.9. The molecule has 0 radical (unpaired) electrons. The van der Waals surface area contributed by atoms with E-state index in [1.165, 1.54) is 0 Å². The number of rotatable bonds is 9. The number of nitrogens with one attached hydrogen (secondary N) is 2. The summed E-state index contributed by atoms with van der Waals surface area (Å²) in [6.07, 6.45) is 0. The van der Waals surface area contributed by atoms with Crippen LogP contribution in [0.3, 0.4) is 0 Å². The Balaban J connectivity index is 1.98. The van der Waals surface area contributed by atoms with Gasteiger partial charge in [0.05, 0.1) is 24.3 Å². The number of nitrogens with zero attached hydrogens (tertiary/aromatic N) is 2. The molecule has 0 aliphatic carbocycles.